The van der Waals surface area contributed by atoms with Gasteiger partial charge in [-0.3, -0.25) is 4.79 Å². The first-order chi connectivity index (χ1) is 12.2. The highest BCUT2D eigenvalue weighted by Crippen LogP contribution is 2.22. The molecule has 2 aromatic heterocycles. The number of fused-ring (bicyclic) bond motifs is 1. The van der Waals surface area contributed by atoms with Crippen molar-refractivity contribution >= 4 is 17.4 Å². The molecule has 1 aliphatic heterocycles. The molecule has 0 spiro atoms. The Morgan fingerprint density at radius 2 is 2.04 bits per heavy atom. The Kier molecular flexibility index (Phi) is 5.80. The molecule has 0 aromatic carbocycles. The summed E-state index contributed by atoms with van der Waals surface area (Å²) in [5.41, 5.74) is 0.742. The van der Waals surface area contributed by atoms with Crippen molar-refractivity contribution < 1.29 is 4.79 Å². The van der Waals surface area contributed by atoms with E-state index in [9.17, 15) is 4.79 Å². The van der Waals surface area contributed by atoms with Gasteiger partial charge in [0.05, 0.1) is 0 Å². The lowest BCUT2D eigenvalue weighted by atomic mass is 9.96. The first kappa shape index (κ1) is 17.6. The van der Waals surface area contributed by atoms with E-state index in [1.807, 2.05) is 12.1 Å². The van der Waals surface area contributed by atoms with Crippen molar-refractivity contribution in [3.63, 3.8) is 0 Å². The van der Waals surface area contributed by atoms with E-state index in [1.165, 1.54) is 0 Å². The zero-order valence-electron chi connectivity index (χ0n) is 15.1. The largest absolute Gasteiger partial charge is 0.355 e. The zero-order chi connectivity index (χ0) is 17.6. The van der Waals surface area contributed by atoms with Crippen LogP contribution < -0.4 is 10.2 Å². The minimum Gasteiger partial charge on any atom is -0.355 e. The Hall–Kier alpha value is -2.22. The molecule has 1 amide bonds. The molecule has 8 heteroatoms. The molecule has 0 bridgehead atoms. The van der Waals surface area contributed by atoms with Crippen molar-refractivity contribution in [2.45, 2.75) is 26.7 Å². The van der Waals surface area contributed by atoms with E-state index in [1.54, 1.807) is 10.8 Å². The molecule has 1 saturated heterocycles. The highest BCUT2D eigenvalue weighted by atomic mass is 16.1. The topological polar surface area (TPSA) is 78.7 Å². The maximum atomic E-state index is 12.4. The van der Waals surface area contributed by atoms with Crippen LogP contribution in [0, 0.1) is 5.92 Å². The predicted molar refractivity (Wildman–Crippen MR) is 96.5 cm³/mol. The van der Waals surface area contributed by atoms with Crippen molar-refractivity contribution in [1.82, 2.24) is 30.0 Å². The highest BCUT2D eigenvalue weighted by Gasteiger charge is 2.25. The third-order valence-electron chi connectivity index (χ3n) is 4.96. The fourth-order valence-electron chi connectivity index (χ4n) is 3.28. The smallest absolute Gasteiger partial charge is 0.223 e. The van der Waals surface area contributed by atoms with Gasteiger partial charge in [0.2, 0.25) is 5.91 Å². The molecule has 136 valence electrons. The van der Waals surface area contributed by atoms with Crippen LogP contribution in [0.5, 0.6) is 0 Å². The lowest BCUT2D eigenvalue weighted by Gasteiger charge is -2.32. The van der Waals surface area contributed by atoms with Crippen LogP contribution in [-0.2, 0) is 4.79 Å². The number of nitrogens with zero attached hydrogens (tertiary/aromatic N) is 6. The summed E-state index contributed by atoms with van der Waals surface area (Å²) in [6.45, 7) is 9.66. The van der Waals surface area contributed by atoms with Gasteiger partial charge >= 0.3 is 0 Å². The number of carbonyl (C=O) groups is 1. The zero-order valence-corrected chi connectivity index (χ0v) is 15.1. The summed E-state index contributed by atoms with van der Waals surface area (Å²) in [6.07, 6.45) is 3.33. The molecule has 1 N–H and O–H groups in total. The molecule has 8 nitrogen and oxygen atoms in total. The molecule has 3 heterocycles. The average molecular weight is 345 g/mol. The van der Waals surface area contributed by atoms with E-state index >= 15 is 0 Å². The van der Waals surface area contributed by atoms with Crippen LogP contribution >= 0.6 is 0 Å². The molecule has 0 saturated carbocycles. The summed E-state index contributed by atoms with van der Waals surface area (Å²) in [4.78, 5) is 16.9. The van der Waals surface area contributed by atoms with Gasteiger partial charge in [-0.15, -0.1) is 15.3 Å². The second-order valence-corrected chi connectivity index (χ2v) is 6.40. The molecule has 2 aromatic rings. The monoisotopic (exact) mass is 345 g/mol. The van der Waals surface area contributed by atoms with E-state index in [0.717, 1.165) is 63.6 Å². The van der Waals surface area contributed by atoms with Gasteiger partial charge in [0.25, 0.3) is 0 Å². The Morgan fingerprint density at radius 1 is 1.28 bits per heavy atom. The summed E-state index contributed by atoms with van der Waals surface area (Å²) in [5, 5.41) is 15.4. The Bertz CT molecular complexity index is 689. The minimum absolute atomic E-state index is 0.103. The highest BCUT2D eigenvalue weighted by molar-refractivity contribution is 5.78. The normalized spacial score (nSPS) is 15.9. The number of piperidine rings is 1. The molecule has 25 heavy (non-hydrogen) atoms. The molecule has 0 atom stereocenters. The lowest BCUT2D eigenvalue weighted by Crippen LogP contribution is -2.43. The number of rotatable bonds is 7. The second-order valence-electron chi connectivity index (χ2n) is 6.40. The first-order valence-corrected chi connectivity index (χ1v) is 9.13. The van der Waals surface area contributed by atoms with E-state index in [0.29, 0.717) is 0 Å². The average Bonchev–Trinajstić information content (AvgIpc) is 3.13. The minimum atomic E-state index is 0.103. The predicted octanol–water partition coefficient (Wildman–Crippen LogP) is 0.799. The number of likely N-dealkylation sites (N-methyl/N-ethyl adjacent to an activating group) is 1. The van der Waals surface area contributed by atoms with Gasteiger partial charge in [0.1, 0.15) is 12.1 Å². The van der Waals surface area contributed by atoms with Crippen LogP contribution in [0.4, 0.5) is 5.82 Å². The number of aromatic nitrogens is 4. The maximum Gasteiger partial charge on any atom is 0.223 e. The summed E-state index contributed by atoms with van der Waals surface area (Å²) >= 11 is 0. The number of anilines is 1. The Morgan fingerprint density at radius 3 is 2.76 bits per heavy atom. The van der Waals surface area contributed by atoms with Gasteiger partial charge in [-0.25, -0.2) is 0 Å². The molecular weight excluding hydrogens is 318 g/mol. The maximum absolute atomic E-state index is 12.4. The molecule has 3 rings (SSSR count). The number of nitrogens with one attached hydrogen (secondary N) is 1. The van der Waals surface area contributed by atoms with Gasteiger partial charge in [0.15, 0.2) is 5.65 Å². The van der Waals surface area contributed by atoms with Crippen LogP contribution in [0.25, 0.3) is 5.65 Å². The van der Waals surface area contributed by atoms with Crippen molar-refractivity contribution in [3.05, 3.63) is 18.5 Å². The van der Waals surface area contributed by atoms with Crippen molar-refractivity contribution in [2.24, 2.45) is 5.92 Å². The number of amides is 1. The van der Waals surface area contributed by atoms with Crippen molar-refractivity contribution in [1.29, 1.82) is 0 Å². The fraction of sp³-hybridized carbons (Fsp3) is 0.647. The van der Waals surface area contributed by atoms with Crippen LogP contribution in [0.2, 0.25) is 0 Å². The molecule has 0 aliphatic carbocycles. The van der Waals surface area contributed by atoms with Gasteiger partial charge < -0.3 is 15.1 Å². The van der Waals surface area contributed by atoms with Gasteiger partial charge in [-0.1, -0.05) is 13.8 Å². The Labute approximate surface area is 148 Å². The van der Waals surface area contributed by atoms with Gasteiger partial charge in [0, 0.05) is 32.1 Å². The lowest BCUT2D eigenvalue weighted by molar-refractivity contribution is -0.125. The van der Waals surface area contributed by atoms with Crippen LogP contribution in [0.15, 0.2) is 18.5 Å². The number of carbonyl (C=O) groups excluding carboxylic acids is 1. The van der Waals surface area contributed by atoms with E-state index < -0.39 is 0 Å². The fourth-order valence-corrected chi connectivity index (χ4v) is 3.28. The standard InChI is InChI=1S/C17H27N7O/c1-3-22(4-2)12-9-18-17(25)14-7-10-23(11-8-14)16-6-5-15-20-19-13-24(15)21-16/h5-6,13-14H,3-4,7-12H2,1-2H3,(H,18,25). The molecule has 1 fully saturated rings. The second kappa shape index (κ2) is 8.24. The van der Waals surface area contributed by atoms with Crippen molar-refractivity contribution in [2.75, 3.05) is 44.2 Å². The third-order valence-corrected chi connectivity index (χ3v) is 4.96. The van der Waals surface area contributed by atoms with Gasteiger partial charge in [-0.2, -0.15) is 4.52 Å². The third kappa shape index (κ3) is 4.25. The summed E-state index contributed by atoms with van der Waals surface area (Å²) in [5.74, 6) is 1.20. The summed E-state index contributed by atoms with van der Waals surface area (Å²) in [6, 6.07) is 3.88. The van der Waals surface area contributed by atoms with Crippen molar-refractivity contribution in [3.8, 4) is 0 Å². The van der Waals surface area contributed by atoms with Crippen LogP contribution in [-0.4, -0.2) is 69.9 Å². The SMILES string of the molecule is CCN(CC)CCNC(=O)C1CCN(c2ccc3nncn3n2)CC1. The summed E-state index contributed by atoms with van der Waals surface area (Å²) < 4.78 is 1.68. The first-order valence-electron chi connectivity index (χ1n) is 9.13. The van der Waals surface area contributed by atoms with E-state index in [2.05, 4.69) is 44.3 Å². The van der Waals surface area contributed by atoms with E-state index in [-0.39, 0.29) is 11.8 Å². The van der Waals surface area contributed by atoms with E-state index in [4.69, 9.17) is 0 Å². The van der Waals surface area contributed by atoms with Gasteiger partial charge in [-0.05, 0) is 38.1 Å². The molecule has 1 aliphatic rings. The van der Waals surface area contributed by atoms with Crippen LogP contribution in [0.3, 0.4) is 0 Å². The number of hydrogen-bond donors (Lipinski definition) is 1. The molecular formula is C17H27N7O. The molecule has 0 radical (unpaired) electrons. The number of hydrogen-bond acceptors (Lipinski definition) is 6. The van der Waals surface area contributed by atoms with Crippen LogP contribution in [0.1, 0.15) is 26.7 Å². The quantitative estimate of drug-likeness (QED) is 0.800. The summed E-state index contributed by atoms with van der Waals surface area (Å²) in [7, 11) is 0. The Balaban J connectivity index is 1.47. The molecule has 0 unspecified atom stereocenters.